The summed E-state index contributed by atoms with van der Waals surface area (Å²) in [6.07, 6.45) is 6.39. The van der Waals surface area contributed by atoms with Gasteiger partial charge < -0.3 is 5.32 Å². The Labute approximate surface area is 125 Å². The number of amides is 1. The Hall–Kier alpha value is -1.91. The van der Waals surface area contributed by atoms with Crippen LogP contribution in [0.5, 0.6) is 0 Å². The number of allylic oxidation sites excluding steroid dienone is 3. The normalized spacial score (nSPS) is 16.2. The predicted octanol–water partition coefficient (Wildman–Crippen LogP) is 3.63. The summed E-state index contributed by atoms with van der Waals surface area (Å²) in [4.78, 5) is 12.2. The molecule has 3 rings (SSSR count). The van der Waals surface area contributed by atoms with Crippen molar-refractivity contribution < 1.29 is 4.79 Å². The second-order valence-corrected chi connectivity index (χ2v) is 5.11. The van der Waals surface area contributed by atoms with Crippen LogP contribution in [0.1, 0.15) is 6.42 Å². The van der Waals surface area contributed by atoms with Crippen molar-refractivity contribution in [3.8, 4) is 0 Å². The lowest BCUT2D eigenvalue weighted by atomic mass is 9.98. The van der Waals surface area contributed by atoms with Crippen LogP contribution >= 0.6 is 23.2 Å². The molecule has 0 aromatic heterocycles. The molecule has 100 valence electrons. The number of carbonyl (C=O) groups is 1. The number of fused-ring (bicyclic) bond motifs is 1. The van der Waals surface area contributed by atoms with Gasteiger partial charge in [-0.05, 0) is 18.2 Å². The van der Waals surface area contributed by atoms with Gasteiger partial charge in [0.15, 0.2) is 5.71 Å². The van der Waals surface area contributed by atoms with Gasteiger partial charge >= 0.3 is 0 Å². The molecule has 1 heterocycles. The summed E-state index contributed by atoms with van der Waals surface area (Å²) in [6, 6.07) is 4.90. The van der Waals surface area contributed by atoms with Gasteiger partial charge in [0.2, 0.25) is 0 Å². The zero-order chi connectivity index (χ0) is 14.1. The van der Waals surface area contributed by atoms with E-state index in [9.17, 15) is 4.79 Å². The second-order valence-electron chi connectivity index (χ2n) is 4.29. The van der Waals surface area contributed by atoms with Crippen molar-refractivity contribution >= 4 is 46.2 Å². The summed E-state index contributed by atoms with van der Waals surface area (Å²) >= 11 is 11.7. The molecule has 0 saturated heterocycles. The monoisotopic (exact) mass is 305 g/mol. The summed E-state index contributed by atoms with van der Waals surface area (Å²) in [5.74, 6) is -0.316. The molecule has 1 amide bonds. The van der Waals surface area contributed by atoms with Crippen LogP contribution in [-0.2, 0) is 4.79 Å². The van der Waals surface area contributed by atoms with Crippen molar-refractivity contribution in [3.63, 3.8) is 0 Å². The summed E-state index contributed by atoms with van der Waals surface area (Å²) < 4.78 is 0. The Morgan fingerprint density at radius 3 is 2.85 bits per heavy atom. The van der Waals surface area contributed by atoms with E-state index in [0.29, 0.717) is 27.9 Å². The minimum atomic E-state index is -0.316. The van der Waals surface area contributed by atoms with Crippen LogP contribution < -0.4 is 5.32 Å². The number of rotatable bonds is 2. The van der Waals surface area contributed by atoms with Gasteiger partial charge in [-0.1, -0.05) is 41.4 Å². The van der Waals surface area contributed by atoms with Crippen molar-refractivity contribution in [2.45, 2.75) is 6.42 Å². The van der Waals surface area contributed by atoms with E-state index in [1.54, 1.807) is 18.2 Å². The lowest BCUT2D eigenvalue weighted by Gasteiger charge is -2.09. The van der Waals surface area contributed by atoms with E-state index in [1.807, 2.05) is 18.2 Å². The van der Waals surface area contributed by atoms with Crippen LogP contribution in [0.3, 0.4) is 0 Å². The van der Waals surface area contributed by atoms with Crippen molar-refractivity contribution in [3.05, 3.63) is 52.0 Å². The number of nitrogens with zero attached hydrogens (tertiary/aromatic N) is 2. The molecule has 1 N–H and O–H groups in total. The minimum absolute atomic E-state index is 0.315. The molecule has 0 radical (unpaired) electrons. The van der Waals surface area contributed by atoms with E-state index >= 15 is 0 Å². The molecular formula is C14H9Cl2N3O. The lowest BCUT2D eigenvalue weighted by Crippen LogP contribution is -2.25. The number of nitrogens with one attached hydrogen (secondary N) is 1. The van der Waals surface area contributed by atoms with Crippen molar-refractivity contribution in [1.82, 2.24) is 0 Å². The van der Waals surface area contributed by atoms with Gasteiger partial charge in [-0.3, -0.25) is 4.79 Å². The van der Waals surface area contributed by atoms with Gasteiger partial charge in [-0.15, -0.1) is 5.10 Å². The van der Waals surface area contributed by atoms with Gasteiger partial charge in [-0.25, -0.2) is 0 Å². The summed E-state index contributed by atoms with van der Waals surface area (Å²) in [5.41, 5.74) is 2.46. The number of halogens is 2. The van der Waals surface area contributed by atoms with Crippen LogP contribution in [-0.4, -0.2) is 17.3 Å². The zero-order valence-electron chi connectivity index (χ0n) is 10.2. The molecule has 2 aliphatic rings. The highest BCUT2D eigenvalue weighted by Gasteiger charge is 2.26. The van der Waals surface area contributed by atoms with E-state index in [4.69, 9.17) is 23.2 Å². The molecule has 0 unspecified atom stereocenters. The van der Waals surface area contributed by atoms with E-state index in [0.717, 1.165) is 11.3 Å². The highest BCUT2D eigenvalue weighted by atomic mass is 35.5. The molecular weight excluding hydrogens is 297 g/mol. The molecule has 1 aromatic carbocycles. The molecule has 0 bridgehead atoms. The molecule has 0 spiro atoms. The van der Waals surface area contributed by atoms with Gasteiger partial charge in [0.1, 0.15) is 0 Å². The minimum Gasteiger partial charge on any atom is -0.321 e. The summed E-state index contributed by atoms with van der Waals surface area (Å²) in [7, 11) is 0. The van der Waals surface area contributed by atoms with Gasteiger partial charge in [0, 0.05) is 17.7 Å². The Morgan fingerprint density at radius 1 is 1.20 bits per heavy atom. The maximum atomic E-state index is 12.2. The van der Waals surface area contributed by atoms with E-state index in [1.165, 1.54) is 0 Å². The predicted molar refractivity (Wildman–Crippen MR) is 81.8 cm³/mol. The van der Waals surface area contributed by atoms with Crippen molar-refractivity contribution in [2.75, 3.05) is 5.32 Å². The summed E-state index contributed by atoms with van der Waals surface area (Å²) in [5, 5.41) is 11.5. The fraction of sp³-hybridized carbons (Fsp3) is 0.0714. The molecule has 1 aliphatic carbocycles. The third-order valence-corrected chi connectivity index (χ3v) is 3.68. The van der Waals surface area contributed by atoms with Crippen LogP contribution in [0.25, 0.3) is 0 Å². The average Bonchev–Trinajstić information content (AvgIpc) is 2.87. The third kappa shape index (κ3) is 2.40. The first kappa shape index (κ1) is 13.1. The smallest absolute Gasteiger partial charge is 0.276 e. The standard InChI is InChI=1S/C14H9Cl2N3O/c15-10-6-5-8(7-11(10)16)17-14(20)13-9-3-1-2-4-12(9)18-19-13/h1-3,5-7H,4H2,(H,17,20). The first-order chi connectivity index (χ1) is 9.65. The quantitative estimate of drug-likeness (QED) is 0.891. The third-order valence-electron chi connectivity index (χ3n) is 2.94. The van der Waals surface area contributed by atoms with Crippen molar-refractivity contribution in [1.29, 1.82) is 0 Å². The number of anilines is 1. The first-order valence-corrected chi connectivity index (χ1v) is 6.69. The van der Waals surface area contributed by atoms with Crippen LogP contribution in [0.4, 0.5) is 5.69 Å². The van der Waals surface area contributed by atoms with Gasteiger partial charge in [0.25, 0.3) is 5.91 Å². The molecule has 20 heavy (non-hydrogen) atoms. The molecule has 1 aliphatic heterocycles. The lowest BCUT2D eigenvalue weighted by molar-refractivity contribution is -0.110. The maximum Gasteiger partial charge on any atom is 0.276 e. The fourth-order valence-electron chi connectivity index (χ4n) is 1.96. The second kappa shape index (κ2) is 5.23. The zero-order valence-corrected chi connectivity index (χ0v) is 11.7. The number of benzene rings is 1. The Morgan fingerprint density at radius 2 is 2.05 bits per heavy atom. The number of hydrogen-bond donors (Lipinski definition) is 1. The van der Waals surface area contributed by atoms with Gasteiger partial charge in [-0.2, -0.15) is 5.10 Å². The van der Waals surface area contributed by atoms with E-state index in [2.05, 4.69) is 15.5 Å². The molecule has 0 saturated carbocycles. The van der Waals surface area contributed by atoms with Crippen LogP contribution in [0, 0.1) is 0 Å². The maximum absolute atomic E-state index is 12.2. The molecule has 1 aromatic rings. The molecule has 0 atom stereocenters. The SMILES string of the molecule is O=C(Nc1ccc(Cl)c(Cl)c1)C1=NN=C2CC=CC=C21. The molecule has 4 nitrogen and oxygen atoms in total. The Bertz CT molecular complexity index is 717. The Balaban J connectivity index is 1.79. The highest BCUT2D eigenvalue weighted by molar-refractivity contribution is 6.56. The average molecular weight is 306 g/mol. The molecule has 0 fully saturated rings. The first-order valence-electron chi connectivity index (χ1n) is 5.93. The van der Waals surface area contributed by atoms with E-state index < -0.39 is 0 Å². The highest BCUT2D eigenvalue weighted by Crippen LogP contribution is 2.25. The van der Waals surface area contributed by atoms with Crippen LogP contribution in [0.15, 0.2) is 52.2 Å². The number of carbonyl (C=O) groups excluding carboxylic acids is 1. The largest absolute Gasteiger partial charge is 0.321 e. The Kier molecular flexibility index (Phi) is 3.42. The van der Waals surface area contributed by atoms with Gasteiger partial charge in [0.05, 0.1) is 15.8 Å². The number of hydrogen-bond acceptors (Lipinski definition) is 3. The van der Waals surface area contributed by atoms with Crippen molar-refractivity contribution in [2.24, 2.45) is 10.2 Å². The topological polar surface area (TPSA) is 53.8 Å². The summed E-state index contributed by atoms with van der Waals surface area (Å²) in [6.45, 7) is 0. The van der Waals surface area contributed by atoms with E-state index in [-0.39, 0.29) is 5.91 Å². The van der Waals surface area contributed by atoms with Crippen LogP contribution in [0.2, 0.25) is 10.0 Å². The fourth-order valence-corrected chi connectivity index (χ4v) is 2.25. The molecule has 6 heteroatoms.